The third-order valence-electron chi connectivity index (χ3n) is 0.321. The molecule has 0 aliphatic carbocycles. The SMILES string of the molecule is CO.FC(F)(F)C(F)(F)F. The van der Waals surface area contributed by atoms with Crippen molar-refractivity contribution in [1.82, 2.24) is 0 Å². The minimum absolute atomic E-state index is 1.00. The molecule has 0 rings (SSSR count). The number of aliphatic hydroxyl groups excluding tert-OH is 1. The maximum atomic E-state index is 10.4. The zero-order valence-electron chi connectivity index (χ0n) is 4.72. The molecule has 0 radical (unpaired) electrons. The molecule has 0 fully saturated rings. The van der Waals surface area contributed by atoms with Crippen molar-refractivity contribution in [1.29, 1.82) is 0 Å². The van der Waals surface area contributed by atoms with E-state index < -0.39 is 12.4 Å². The molecule has 7 heteroatoms. The van der Waals surface area contributed by atoms with E-state index in [1.165, 1.54) is 0 Å². The summed E-state index contributed by atoms with van der Waals surface area (Å²) >= 11 is 0. The first-order valence-corrected chi connectivity index (χ1v) is 1.83. The van der Waals surface area contributed by atoms with Gasteiger partial charge in [0.15, 0.2) is 0 Å². The Hall–Kier alpha value is -0.460. The Kier molecular flexibility index (Phi) is 4.46. The van der Waals surface area contributed by atoms with Crippen molar-refractivity contribution in [3.05, 3.63) is 0 Å². The molecular weight excluding hydrogens is 166 g/mol. The Labute approximate surface area is 52.3 Å². The number of hydrogen-bond acceptors (Lipinski definition) is 1. The molecule has 0 bridgehead atoms. The molecule has 0 spiro atoms. The number of aliphatic hydroxyl groups is 1. The smallest absolute Gasteiger partial charge is 0.400 e. The van der Waals surface area contributed by atoms with Crippen molar-refractivity contribution in [2.75, 3.05) is 7.11 Å². The van der Waals surface area contributed by atoms with E-state index in [0.29, 0.717) is 0 Å². The lowest BCUT2D eigenvalue weighted by Crippen LogP contribution is -2.30. The van der Waals surface area contributed by atoms with Crippen molar-refractivity contribution in [2.24, 2.45) is 0 Å². The van der Waals surface area contributed by atoms with Crippen LogP contribution in [0.1, 0.15) is 0 Å². The highest BCUT2D eigenvalue weighted by molar-refractivity contribution is 4.59. The molecule has 64 valence electrons. The second-order valence-corrected chi connectivity index (χ2v) is 0.996. The van der Waals surface area contributed by atoms with Gasteiger partial charge in [0.1, 0.15) is 0 Å². The number of halogens is 6. The zero-order valence-corrected chi connectivity index (χ0v) is 4.72. The van der Waals surface area contributed by atoms with E-state index >= 15 is 0 Å². The summed E-state index contributed by atoms with van der Waals surface area (Å²) in [7, 11) is 1.00. The molecule has 0 unspecified atom stereocenters. The molecule has 0 amide bonds. The Balaban J connectivity index is 0. The lowest BCUT2D eigenvalue weighted by molar-refractivity contribution is -0.339. The van der Waals surface area contributed by atoms with Crippen LogP contribution >= 0.6 is 0 Å². The highest BCUT2D eigenvalue weighted by Crippen LogP contribution is 2.35. The highest BCUT2D eigenvalue weighted by atomic mass is 19.5. The van der Waals surface area contributed by atoms with E-state index in [1.54, 1.807) is 0 Å². The van der Waals surface area contributed by atoms with Gasteiger partial charge in [0, 0.05) is 7.11 Å². The summed E-state index contributed by atoms with van der Waals surface area (Å²) in [4.78, 5) is 0. The molecule has 0 atom stereocenters. The monoisotopic (exact) mass is 170 g/mol. The van der Waals surface area contributed by atoms with Gasteiger partial charge >= 0.3 is 12.4 Å². The first-order valence-electron chi connectivity index (χ1n) is 1.83. The lowest BCUT2D eigenvalue weighted by Gasteiger charge is -2.08. The summed E-state index contributed by atoms with van der Waals surface area (Å²) in [5.41, 5.74) is 0. The molecule has 0 aliphatic heterocycles. The van der Waals surface area contributed by atoms with Gasteiger partial charge in [0.2, 0.25) is 0 Å². The van der Waals surface area contributed by atoms with E-state index in [1.807, 2.05) is 0 Å². The maximum absolute atomic E-state index is 10.4. The van der Waals surface area contributed by atoms with Crippen molar-refractivity contribution in [3.63, 3.8) is 0 Å². The molecule has 0 saturated carbocycles. The molecule has 0 heterocycles. The summed E-state index contributed by atoms with van der Waals surface area (Å²) in [6.07, 6.45) is -12.1. The van der Waals surface area contributed by atoms with Gasteiger partial charge in [-0.1, -0.05) is 0 Å². The summed E-state index contributed by atoms with van der Waals surface area (Å²) in [5.74, 6) is 0. The number of alkyl halides is 6. The molecule has 0 aromatic carbocycles. The van der Waals surface area contributed by atoms with Crippen molar-refractivity contribution in [3.8, 4) is 0 Å². The average Bonchev–Trinajstić information content (AvgIpc) is 1.66. The third kappa shape index (κ3) is 4.42. The van der Waals surface area contributed by atoms with Gasteiger partial charge in [0.05, 0.1) is 0 Å². The van der Waals surface area contributed by atoms with Crippen molar-refractivity contribution >= 4 is 0 Å². The van der Waals surface area contributed by atoms with E-state index in [-0.39, 0.29) is 0 Å². The standard InChI is InChI=1S/C2F6.CH4O/c3-1(4,5)2(6,7)8;1-2/h;2H,1H3. The van der Waals surface area contributed by atoms with Gasteiger partial charge in [0.25, 0.3) is 0 Å². The number of rotatable bonds is 0. The van der Waals surface area contributed by atoms with Crippen LogP contribution in [0.2, 0.25) is 0 Å². The van der Waals surface area contributed by atoms with Gasteiger partial charge in [-0.2, -0.15) is 26.3 Å². The highest BCUT2D eigenvalue weighted by Gasteiger charge is 2.58. The zero-order chi connectivity index (χ0) is 9.00. The fourth-order valence-corrected chi connectivity index (χ4v) is 0. The average molecular weight is 170 g/mol. The van der Waals surface area contributed by atoms with Crippen LogP contribution in [0.4, 0.5) is 26.3 Å². The van der Waals surface area contributed by atoms with E-state index in [4.69, 9.17) is 5.11 Å². The van der Waals surface area contributed by atoms with Crippen LogP contribution in [0.3, 0.4) is 0 Å². The molecule has 1 nitrogen and oxygen atoms in total. The Bertz CT molecular complexity index is 68.0. The van der Waals surface area contributed by atoms with E-state index in [9.17, 15) is 26.3 Å². The molecular formula is C3H4F6O. The number of hydrogen-bond donors (Lipinski definition) is 1. The Morgan fingerprint density at radius 2 is 0.800 bits per heavy atom. The second-order valence-electron chi connectivity index (χ2n) is 0.996. The van der Waals surface area contributed by atoms with Gasteiger partial charge in [-0.15, -0.1) is 0 Å². The Morgan fingerprint density at radius 3 is 0.800 bits per heavy atom. The van der Waals surface area contributed by atoms with Crippen LogP contribution in [0.25, 0.3) is 0 Å². The largest absolute Gasteiger partial charge is 0.487 e. The quantitative estimate of drug-likeness (QED) is 0.548. The summed E-state index contributed by atoms with van der Waals surface area (Å²) in [5, 5.41) is 7.00. The van der Waals surface area contributed by atoms with Crippen LogP contribution in [-0.4, -0.2) is 24.6 Å². The van der Waals surface area contributed by atoms with Gasteiger partial charge < -0.3 is 5.11 Å². The molecule has 10 heavy (non-hydrogen) atoms. The first-order chi connectivity index (χ1) is 4.25. The van der Waals surface area contributed by atoms with E-state index in [2.05, 4.69) is 0 Å². The van der Waals surface area contributed by atoms with Crippen LogP contribution in [-0.2, 0) is 0 Å². The molecule has 0 aromatic heterocycles. The summed E-state index contributed by atoms with van der Waals surface area (Å²) in [6, 6.07) is 0. The predicted molar refractivity (Wildman–Crippen MR) is 20.3 cm³/mol. The van der Waals surface area contributed by atoms with E-state index in [0.717, 1.165) is 7.11 Å². The normalized spacial score (nSPS) is 12.0. The van der Waals surface area contributed by atoms with Crippen LogP contribution < -0.4 is 0 Å². The van der Waals surface area contributed by atoms with Crippen molar-refractivity contribution < 1.29 is 31.4 Å². The second kappa shape index (κ2) is 3.65. The first kappa shape index (κ1) is 12.2. The van der Waals surface area contributed by atoms with Crippen molar-refractivity contribution in [2.45, 2.75) is 12.4 Å². The van der Waals surface area contributed by atoms with Crippen LogP contribution in [0.5, 0.6) is 0 Å². The molecule has 0 aromatic rings. The molecule has 1 N–H and O–H groups in total. The minimum atomic E-state index is -6.06. The molecule has 0 saturated heterocycles. The summed E-state index contributed by atoms with van der Waals surface area (Å²) < 4.78 is 62.6. The fraction of sp³-hybridized carbons (Fsp3) is 1.00. The van der Waals surface area contributed by atoms with Crippen LogP contribution in [0, 0.1) is 0 Å². The van der Waals surface area contributed by atoms with Gasteiger partial charge in [-0.25, -0.2) is 0 Å². The van der Waals surface area contributed by atoms with Gasteiger partial charge in [-0.05, 0) is 0 Å². The van der Waals surface area contributed by atoms with Gasteiger partial charge in [-0.3, -0.25) is 0 Å². The maximum Gasteiger partial charge on any atom is 0.487 e. The Morgan fingerprint density at radius 1 is 0.700 bits per heavy atom. The lowest BCUT2D eigenvalue weighted by atomic mass is 10.7. The summed E-state index contributed by atoms with van der Waals surface area (Å²) in [6.45, 7) is 0. The molecule has 0 aliphatic rings. The third-order valence-corrected chi connectivity index (χ3v) is 0.321. The topological polar surface area (TPSA) is 20.2 Å². The predicted octanol–water partition coefficient (Wildman–Crippen LogP) is 1.72. The van der Waals surface area contributed by atoms with Crippen LogP contribution in [0.15, 0.2) is 0 Å². The minimum Gasteiger partial charge on any atom is -0.400 e. The fourth-order valence-electron chi connectivity index (χ4n) is 0.